The summed E-state index contributed by atoms with van der Waals surface area (Å²) in [7, 11) is 0. The first-order chi connectivity index (χ1) is 11.8. The van der Waals surface area contributed by atoms with Crippen molar-refractivity contribution in [1.29, 1.82) is 5.26 Å². The van der Waals surface area contributed by atoms with Gasteiger partial charge in [-0.2, -0.15) is 10.4 Å². The number of hydrogen-bond donors (Lipinski definition) is 1. The van der Waals surface area contributed by atoms with E-state index in [2.05, 4.69) is 11.2 Å². The second-order valence-corrected chi connectivity index (χ2v) is 6.36. The number of nitrogens with zero attached hydrogens (tertiary/aromatic N) is 4. The molecule has 0 atom stereocenters. The highest BCUT2D eigenvalue weighted by Gasteiger charge is 2.22. The molecule has 2 aromatic heterocycles. The van der Waals surface area contributed by atoms with Gasteiger partial charge >= 0.3 is 0 Å². The minimum Gasteiger partial charge on any atom is -0.508 e. The fourth-order valence-electron chi connectivity index (χ4n) is 3.55. The molecule has 0 unspecified atom stereocenters. The van der Waals surface area contributed by atoms with Crippen LogP contribution in [-0.2, 0) is 0 Å². The summed E-state index contributed by atoms with van der Waals surface area (Å²) < 4.78 is 1.67. The summed E-state index contributed by atoms with van der Waals surface area (Å²) in [6, 6.07) is 9.35. The van der Waals surface area contributed by atoms with E-state index in [1.54, 1.807) is 22.8 Å². The van der Waals surface area contributed by atoms with Crippen LogP contribution < -0.4 is 0 Å². The molecule has 3 aromatic rings. The van der Waals surface area contributed by atoms with Crippen LogP contribution in [0.1, 0.15) is 49.3 Å². The Morgan fingerprint density at radius 3 is 2.58 bits per heavy atom. The van der Waals surface area contributed by atoms with Gasteiger partial charge in [0, 0.05) is 17.7 Å². The molecule has 0 bridgehead atoms. The summed E-state index contributed by atoms with van der Waals surface area (Å²) in [5, 5.41) is 23.1. The molecule has 24 heavy (non-hydrogen) atoms. The first-order valence-electron chi connectivity index (χ1n) is 8.34. The molecule has 0 amide bonds. The zero-order chi connectivity index (χ0) is 16.5. The van der Waals surface area contributed by atoms with Crippen molar-refractivity contribution in [3.8, 4) is 22.9 Å². The van der Waals surface area contributed by atoms with Crippen molar-refractivity contribution in [2.75, 3.05) is 0 Å². The van der Waals surface area contributed by atoms with Gasteiger partial charge in [-0.05, 0) is 30.5 Å². The third kappa shape index (κ3) is 2.50. The number of aromatic hydroxyl groups is 1. The molecule has 0 saturated heterocycles. The van der Waals surface area contributed by atoms with Gasteiger partial charge < -0.3 is 5.11 Å². The highest BCUT2D eigenvalue weighted by Crippen LogP contribution is 2.37. The maximum atomic E-state index is 9.56. The highest BCUT2D eigenvalue weighted by molar-refractivity contribution is 5.69. The van der Waals surface area contributed by atoms with E-state index in [1.807, 2.05) is 18.3 Å². The van der Waals surface area contributed by atoms with Crippen LogP contribution in [0.15, 0.2) is 36.7 Å². The summed E-state index contributed by atoms with van der Waals surface area (Å²) >= 11 is 0. The standard InChI is InChI=1S/C19H18N4O/c20-10-15-11-21-23-12-17(13-6-8-16(24)9-7-13)18(22-19(15)23)14-4-2-1-3-5-14/h6-9,11-12,14,24H,1-5H2. The molecule has 2 heterocycles. The normalized spacial score (nSPS) is 15.5. The molecular formula is C19H18N4O. The highest BCUT2D eigenvalue weighted by atomic mass is 16.3. The third-order valence-corrected chi connectivity index (χ3v) is 4.81. The predicted octanol–water partition coefficient (Wildman–Crippen LogP) is 4.02. The summed E-state index contributed by atoms with van der Waals surface area (Å²) in [5.74, 6) is 0.659. The van der Waals surface area contributed by atoms with Crippen LogP contribution in [0.4, 0.5) is 0 Å². The Morgan fingerprint density at radius 1 is 1.12 bits per heavy atom. The zero-order valence-corrected chi connectivity index (χ0v) is 13.3. The first kappa shape index (κ1) is 14.7. The lowest BCUT2D eigenvalue weighted by molar-refractivity contribution is 0.437. The van der Waals surface area contributed by atoms with E-state index < -0.39 is 0 Å². The van der Waals surface area contributed by atoms with Crippen molar-refractivity contribution in [3.63, 3.8) is 0 Å². The zero-order valence-electron chi connectivity index (χ0n) is 13.3. The lowest BCUT2D eigenvalue weighted by Crippen LogP contribution is -2.10. The van der Waals surface area contributed by atoms with Crippen molar-refractivity contribution in [1.82, 2.24) is 14.6 Å². The van der Waals surface area contributed by atoms with Gasteiger partial charge in [0.2, 0.25) is 0 Å². The van der Waals surface area contributed by atoms with E-state index in [0.717, 1.165) is 29.7 Å². The molecule has 5 heteroatoms. The summed E-state index contributed by atoms with van der Waals surface area (Å²) in [4.78, 5) is 4.84. The number of fused-ring (bicyclic) bond motifs is 1. The van der Waals surface area contributed by atoms with Crippen molar-refractivity contribution >= 4 is 5.65 Å². The molecule has 0 radical (unpaired) electrons. The van der Waals surface area contributed by atoms with Crippen LogP contribution in [-0.4, -0.2) is 19.7 Å². The number of hydrogen-bond acceptors (Lipinski definition) is 4. The molecule has 4 rings (SSSR count). The van der Waals surface area contributed by atoms with E-state index in [-0.39, 0.29) is 5.75 Å². The first-order valence-corrected chi connectivity index (χ1v) is 8.34. The lowest BCUT2D eigenvalue weighted by Gasteiger charge is -2.23. The second kappa shape index (κ2) is 5.97. The molecule has 1 fully saturated rings. The average molecular weight is 318 g/mol. The molecule has 1 saturated carbocycles. The molecule has 1 N–H and O–H groups in total. The van der Waals surface area contributed by atoms with Crippen LogP contribution in [0.5, 0.6) is 5.75 Å². The maximum absolute atomic E-state index is 9.56. The molecule has 1 aliphatic carbocycles. The van der Waals surface area contributed by atoms with Crippen LogP contribution in [0, 0.1) is 11.3 Å². The van der Waals surface area contributed by atoms with Gasteiger partial charge in [-0.25, -0.2) is 9.50 Å². The second-order valence-electron chi connectivity index (χ2n) is 6.36. The monoisotopic (exact) mass is 318 g/mol. The minimum atomic E-state index is 0.248. The molecule has 0 aliphatic heterocycles. The number of benzene rings is 1. The summed E-state index contributed by atoms with van der Waals surface area (Å²) in [6.45, 7) is 0. The number of phenols is 1. The van der Waals surface area contributed by atoms with E-state index in [0.29, 0.717) is 17.1 Å². The Balaban J connectivity index is 1.92. The van der Waals surface area contributed by atoms with Gasteiger partial charge in [0.15, 0.2) is 5.65 Å². The molecule has 120 valence electrons. The number of rotatable bonds is 2. The van der Waals surface area contributed by atoms with Crippen molar-refractivity contribution in [2.45, 2.75) is 38.0 Å². The lowest BCUT2D eigenvalue weighted by atomic mass is 9.84. The maximum Gasteiger partial charge on any atom is 0.173 e. The van der Waals surface area contributed by atoms with Crippen LogP contribution in [0.3, 0.4) is 0 Å². The SMILES string of the molecule is N#Cc1cnn2cc(-c3ccc(O)cc3)c(C3CCCCC3)nc12. The van der Waals surface area contributed by atoms with Crippen LogP contribution in [0.25, 0.3) is 16.8 Å². The van der Waals surface area contributed by atoms with E-state index in [9.17, 15) is 10.4 Å². The Kier molecular flexibility index (Phi) is 3.66. The van der Waals surface area contributed by atoms with Crippen molar-refractivity contribution in [3.05, 3.63) is 47.9 Å². The number of nitriles is 1. The molecular weight excluding hydrogens is 300 g/mol. The molecule has 1 aliphatic rings. The Bertz CT molecular complexity index is 915. The van der Waals surface area contributed by atoms with Gasteiger partial charge in [-0.1, -0.05) is 31.4 Å². The number of aromatic nitrogens is 3. The summed E-state index contributed by atoms with van der Waals surface area (Å²) in [5.41, 5.74) is 4.22. The van der Waals surface area contributed by atoms with Crippen LogP contribution >= 0.6 is 0 Å². The Morgan fingerprint density at radius 2 is 1.88 bits per heavy atom. The van der Waals surface area contributed by atoms with Crippen LogP contribution in [0.2, 0.25) is 0 Å². The van der Waals surface area contributed by atoms with E-state index in [4.69, 9.17) is 4.98 Å². The average Bonchev–Trinajstić information content (AvgIpc) is 3.04. The van der Waals surface area contributed by atoms with E-state index >= 15 is 0 Å². The Labute approximate surface area is 140 Å². The fraction of sp³-hybridized carbons (Fsp3) is 0.316. The fourth-order valence-corrected chi connectivity index (χ4v) is 3.55. The minimum absolute atomic E-state index is 0.248. The van der Waals surface area contributed by atoms with Gasteiger partial charge in [0.25, 0.3) is 0 Å². The molecule has 0 spiro atoms. The topological polar surface area (TPSA) is 74.2 Å². The van der Waals surface area contributed by atoms with Gasteiger partial charge in [0.1, 0.15) is 17.4 Å². The predicted molar refractivity (Wildman–Crippen MR) is 90.6 cm³/mol. The quantitative estimate of drug-likeness (QED) is 0.774. The van der Waals surface area contributed by atoms with Gasteiger partial charge in [-0.15, -0.1) is 0 Å². The van der Waals surface area contributed by atoms with Crippen molar-refractivity contribution < 1.29 is 5.11 Å². The van der Waals surface area contributed by atoms with Gasteiger partial charge in [-0.3, -0.25) is 0 Å². The largest absolute Gasteiger partial charge is 0.508 e. The third-order valence-electron chi connectivity index (χ3n) is 4.81. The smallest absolute Gasteiger partial charge is 0.173 e. The number of phenolic OH excluding ortho intramolecular Hbond substituents is 1. The van der Waals surface area contributed by atoms with Crippen molar-refractivity contribution in [2.24, 2.45) is 0 Å². The molecule has 5 nitrogen and oxygen atoms in total. The summed E-state index contributed by atoms with van der Waals surface area (Å²) in [6.07, 6.45) is 9.50. The molecule has 1 aromatic carbocycles. The Hall–Kier alpha value is -2.87. The van der Waals surface area contributed by atoms with E-state index in [1.165, 1.54) is 19.3 Å². The van der Waals surface area contributed by atoms with Gasteiger partial charge in [0.05, 0.1) is 11.9 Å².